The molecule has 128 valence electrons. The van der Waals surface area contributed by atoms with Gasteiger partial charge < -0.3 is 10.00 Å². The summed E-state index contributed by atoms with van der Waals surface area (Å²) in [7, 11) is -3.45. The highest BCUT2D eigenvalue weighted by atomic mass is 32.2. The standard InChI is InChI=1S/C17H25O4PS/c18-17(19)15(11-14-7-3-1-4-8-14)12-22(20,21)13-23-16-9-5-2-6-10-16/h2,5-6,9-10,14-15H,1,3-4,7-8,11-13H2,(H,18,19)(H,20,21). The van der Waals surface area contributed by atoms with Gasteiger partial charge in [0.25, 0.3) is 0 Å². The number of aliphatic carboxylic acids is 1. The van der Waals surface area contributed by atoms with Crippen LogP contribution >= 0.6 is 19.1 Å². The fourth-order valence-electron chi connectivity index (χ4n) is 3.17. The topological polar surface area (TPSA) is 74.6 Å². The Labute approximate surface area is 142 Å². The van der Waals surface area contributed by atoms with Crippen LogP contribution in [0.3, 0.4) is 0 Å². The van der Waals surface area contributed by atoms with E-state index >= 15 is 0 Å². The fraction of sp³-hybridized carbons (Fsp3) is 0.588. The third-order valence-corrected chi connectivity index (χ3v) is 8.12. The van der Waals surface area contributed by atoms with Crippen molar-refractivity contribution in [1.29, 1.82) is 0 Å². The molecule has 2 rings (SSSR count). The van der Waals surface area contributed by atoms with Gasteiger partial charge in [0.1, 0.15) is 0 Å². The van der Waals surface area contributed by atoms with Crippen molar-refractivity contribution in [1.82, 2.24) is 0 Å². The first-order valence-electron chi connectivity index (χ1n) is 8.18. The van der Waals surface area contributed by atoms with Crippen molar-refractivity contribution in [2.24, 2.45) is 11.8 Å². The molecule has 2 N–H and O–H groups in total. The average Bonchev–Trinajstić information content (AvgIpc) is 2.54. The van der Waals surface area contributed by atoms with Gasteiger partial charge in [0.2, 0.25) is 7.37 Å². The second kappa shape index (κ2) is 8.91. The van der Waals surface area contributed by atoms with E-state index in [4.69, 9.17) is 0 Å². The largest absolute Gasteiger partial charge is 0.481 e. The minimum Gasteiger partial charge on any atom is -0.481 e. The second-order valence-electron chi connectivity index (χ2n) is 6.39. The van der Waals surface area contributed by atoms with Crippen LogP contribution in [0.1, 0.15) is 38.5 Å². The summed E-state index contributed by atoms with van der Waals surface area (Å²) in [6.45, 7) is 0. The van der Waals surface area contributed by atoms with Crippen LogP contribution in [0.2, 0.25) is 0 Å². The van der Waals surface area contributed by atoms with Gasteiger partial charge in [-0.1, -0.05) is 50.3 Å². The van der Waals surface area contributed by atoms with Gasteiger partial charge in [-0.25, -0.2) is 0 Å². The number of rotatable bonds is 8. The third-order valence-electron chi connectivity index (χ3n) is 4.37. The Balaban J connectivity index is 1.89. The highest BCUT2D eigenvalue weighted by Gasteiger charge is 2.31. The highest BCUT2D eigenvalue weighted by molar-refractivity contribution is 8.05. The molecule has 0 saturated heterocycles. The van der Waals surface area contributed by atoms with Crippen LogP contribution in [0.5, 0.6) is 0 Å². The van der Waals surface area contributed by atoms with Gasteiger partial charge in [0.05, 0.1) is 11.4 Å². The minimum absolute atomic E-state index is 0.0749. The summed E-state index contributed by atoms with van der Waals surface area (Å²) in [6.07, 6.45) is 6.06. The number of benzene rings is 1. The molecule has 0 amide bonds. The first kappa shape index (κ1) is 18.6. The van der Waals surface area contributed by atoms with E-state index in [1.54, 1.807) is 0 Å². The molecule has 2 atom stereocenters. The predicted molar refractivity (Wildman–Crippen MR) is 94.2 cm³/mol. The summed E-state index contributed by atoms with van der Waals surface area (Å²) in [5, 5.41) is 9.41. The van der Waals surface area contributed by atoms with Gasteiger partial charge in [-0.2, -0.15) is 0 Å². The van der Waals surface area contributed by atoms with Gasteiger partial charge in [-0.3, -0.25) is 9.36 Å². The molecule has 0 aromatic heterocycles. The van der Waals surface area contributed by atoms with Crippen molar-refractivity contribution in [2.75, 3.05) is 11.7 Å². The zero-order valence-electron chi connectivity index (χ0n) is 13.3. The maximum Gasteiger partial charge on any atom is 0.307 e. The van der Waals surface area contributed by atoms with Gasteiger partial charge in [-0.05, 0) is 24.5 Å². The zero-order chi connectivity index (χ0) is 16.7. The van der Waals surface area contributed by atoms with Crippen molar-refractivity contribution in [3.63, 3.8) is 0 Å². The molecule has 1 aromatic carbocycles. The molecule has 1 aliphatic rings. The van der Waals surface area contributed by atoms with Crippen LogP contribution in [0.4, 0.5) is 0 Å². The van der Waals surface area contributed by atoms with Crippen molar-refractivity contribution in [3.8, 4) is 0 Å². The fourth-order valence-corrected chi connectivity index (χ4v) is 6.34. The Morgan fingerprint density at radius 2 is 1.87 bits per heavy atom. The molecule has 1 aromatic rings. The molecular weight excluding hydrogens is 331 g/mol. The van der Waals surface area contributed by atoms with Crippen molar-refractivity contribution in [3.05, 3.63) is 30.3 Å². The number of carboxylic acid groups (broad SMARTS) is 1. The van der Waals surface area contributed by atoms with Crippen LogP contribution < -0.4 is 0 Å². The maximum atomic E-state index is 12.4. The van der Waals surface area contributed by atoms with Crippen molar-refractivity contribution in [2.45, 2.75) is 43.4 Å². The SMILES string of the molecule is O=C(O)C(CC1CCCCC1)CP(=O)(O)CSc1ccccc1. The highest BCUT2D eigenvalue weighted by Crippen LogP contribution is 2.48. The molecule has 4 nitrogen and oxygen atoms in total. The lowest BCUT2D eigenvalue weighted by Gasteiger charge is -2.25. The van der Waals surface area contributed by atoms with E-state index in [0.29, 0.717) is 12.3 Å². The molecule has 1 saturated carbocycles. The van der Waals surface area contributed by atoms with E-state index < -0.39 is 19.3 Å². The molecule has 1 aliphatic carbocycles. The number of carboxylic acids is 1. The molecule has 23 heavy (non-hydrogen) atoms. The number of carbonyl (C=O) groups is 1. The molecule has 0 aliphatic heterocycles. The first-order valence-corrected chi connectivity index (χ1v) is 11.2. The number of thioether (sulfide) groups is 1. The van der Waals surface area contributed by atoms with E-state index in [2.05, 4.69) is 0 Å². The Hall–Kier alpha value is -0.770. The summed E-state index contributed by atoms with van der Waals surface area (Å²) < 4.78 is 12.4. The third kappa shape index (κ3) is 6.70. The monoisotopic (exact) mass is 356 g/mol. The van der Waals surface area contributed by atoms with Gasteiger partial charge in [0, 0.05) is 11.1 Å². The molecular formula is C17H25O4PS. The lowest BCUT2D eigenvalue weighted by molar-refractivity contribution is -0.141. The van der Waals surface area contributed by atoms with Crippen LogP contribution in [0.15, 0.2) is 35.2 Å². The van der Waals surface area contributed by atoms with E-state index in [9.17, 15) is 19.4 Å². The minimum atomic E-state index is -3.45. The van der Waals surface area contributed by atoms with Crippen LogP contribution in [-0.2, 0) is 9.36 Å². The van der Waals surface area contributed by atoms with Crippen molar-refractivity contribution < 1.29 is 19.4 Å². The quantitative estimate of drug-likeness (QED) is 0.523. The van der Waals surface area contributed by atoms with Crippen LogP contribution in [0.25, 0.3) is 0 Å². The lowest BCUT2D eigenvalue weighted by atomic mass is 9.83. The molecule has 0 spiro atoms. The Kier molecular flexibility index (Phi) is 7.19. The summed E-state index contributed by atoms with van der Waals surface area (Å²) in [5.41, 5.74) is 0.0749. The molecule has 2 unspecified atom stereocenters. The smallest absolute Gasteiger partial charge is 0.307 e. The van der Waals surface area contributed by atoms with Crippen LogP contribution in [0, 0.1) is 11.8 Å². The Morgan fingerprint density at radius 3 is 2.48 bits per heavy atom. The number of hydrogen-bond acceptors (Lipinski definition) is 3. The maximum absolute atomic E-state index is 12.4. The Morgan fingerprint density at radius 1 is 1.22 bits per heavy atom. The van der Waals surface area contributed by atoms with E-state index in [0.717, 1.165) is 30.6 Å². The van der Waals surface area contributed by atoms with Gasteiger partial charge in [0.15, 0.2) is 0 Å². The average molecular weight is 356 g/mol. The normalized spacial score (nSPS) is 19.9. The lowest BCUT2D eigenvalue weighted by Crippen LogP contribution is -2.23. The molecule has 6 heteroatoms. The first-order chi connectivity index (χ1) is 11.0. The summed E-state index contributed by atoms with van der Waals surface area (Å²) in [6, 6.07) is 9.44. The molecule has 0 bridgehead atoms. The summed E-state index contributed by atoms with van der Waals surface area (Å²) in [4.78, 5) is 22.6. The van der Waals surface area contributed by atoms with Gasteiger partial charge >= 0.3 is 5.97 Å². The van der Waals surface area contributed by atoms with Gasteiger partial charge in [-0.15, -0.1) is 11.8 Å². The van der Waals surface area contributed by atoms with Crippen molar-refractivity contribution >= 4 is 25.1 Å². The molecule has 1 fully saturated rings. The van der Waals surface area contributed by atoms with E-state index in [-0.39, 0.29) is 11.7 Å². The molecule has 0 radical (unpaired) electrons. The van der Waals surface area contributed by atoms with E-state index in [1.165, 1.54) is 18.2 Å². The Bertz CT molecular complexity index is 543. The zero-order valence-corrected chi connectivity index (χ0v) is 15.0. The van der Waals surface area contributed by atoms with Crippen LogP contribution in [-0.4, -0.2) is 27.6 Å². The number of hydrogen-bond donors (Lipinski definition) is 2. The summed E-state index contributed by atoms with van der Waals surface area (Å²) in [5.74, 6) is -1.24. The second-order valence-corrected chi connectivity index (χ2v) is 10.2. The predicted octanol–water partition coefficient (Wildman–Crippen LogP) is 4.68. The molecule has 0 heterocycles. The summed E-state index contributed by atoms with van der Waals surface area (Å²) >= 11 is 1.32. The van der Waals surface area contributed by atoms with E-state index in [1.807, 2.05) is 30.3 Å².